The third-order valence-electron chi connectivity index (χ3n) is 9.96. The van der Waals surface area contributed by atoms with Crippen molar-refractivity contribution in [2.24, 2.45) is 17.8 Å². The van der Waals surface area contributed by atoms with Crippen molar-refractivity contribution >= 4 is 35.0 Å². The molecular formula is C34H28F3NO9. The smallest absolute Gasteiger partial charge is 0.454 e. The number of nitrogens with one attached hydrogen (secondary N) is 1. The van der Waals surface area contributed by atoms with Gasteiger partial charge in [0.15, 0.2) is 11.6 Å². The Morgan fingerprint density at radius 1 is 0.936 bits per heavy atom. The zero-order valence-corrected chi connectivity index (χ0v) is 24.8. The molecule has 3 fully saturated rings. The second-order valence-corrected chi connectivity index (χ2v) is 12.6. The highest BCUT2D eigenvalue weighted by Crippen LogP contribution is 2.64. The summed E-state index contributed by atoms with van der Waals surface area (Å²) >= 11 is 0. The van der Waals surface area contributed by atoms with Gasteiger partial charge in [-0.2, -0.15) is 13.2 Å². The van der Waals surface area contributed by atoms with E-state index in [1.165, 1.54) is 31.2 Å². The van der Waals surface area contributed by atoms with Gasteiger partial charge in [-0.05, 0) is 44.2 Å². The first-order valence-corrected chi connectivity index (χ1v) is 15.2. The number of carbonyl (C=O) groups is 6. The lowest BCUT2D eigenvalue weighted by atomic mass is 9.55. The van der Waals surface area contributed by atoms with Crippen molar-refractivity contribution in [3.63, 3.8) is 0 Å². The molecule has 1 N–H and O–H groups in total. The number of fused-ring (bicyclic) bond motifs is 2. The molecule has 13 heteroatoms. The fourth-order valence-electron chi connectivity index (χ4n) is 7.85. The number of hydrogen-bond acceptors (Lipinski definition) is 9. The van der Waals surface area contributed by atoms with E-state index in [1.807, 2.05) is 5.32 Å². The number of alkyl halides is 3. The molecule has 9 atom stereocenters. The Bertz CT molecular complexity index is 1760. The molecule has 7 rings (SSSR count). The van der Waals surface area contributed by atoms with Crippen LogP contribution in [0, 0.1) is 17.8 Å². The Morgan fingerprint density at radius 3 is 2.19 bits per heavy atom. The minimum absolute atomic E-state index is 0.00287. The Labute approximate surface area is 265 Å². The van der Waals surface area contributed by atoms with Gasteiger partial charge >= 0.3 is 18.1 Å². The average Bonchev–Trinajstić information content (AvgIpc) is 3.78. The van der Waals surface area contributed by atoms with Crippen molar-refractivity contribution in [2.75, 3.05) is 0 Å². The Morgan fingerprint density at radius 2 is 1.55 bits per heavy atom. The third-order valence-corrected chi connectivity index (χ3v) is 9.96. The van der Waals surface area contributed by atoms with Crippen molar-refractivity contribution in [3.05, 3.63) is 83.4 Å². The van der Waals surface area contributed by atoms with Gasteiger partial charge in [-0.25, -0.2) is 4.79 Å². The predicted molar refractivity (Wildman–Crippen MR) is 153 cm³/mol. The Kier molecular flexibility index (Phi) is 7.14. The van der Waals surface area contributed by atoms with Gasteiger partial charge in [0.25, 0.3) is 0 Å². The van der Waals surface area contributed by atoms with Gasteiger partial charge in [-0.15, -0.1) is 0 Å². The SMILES string of the molecule is C[C@@H]1O[C@@H](CC2C=CCC3C(=O)C45OC4(C(=O)c4ccccc4C5=O)C(=O)C23)C[C@H](NC(=O)C(F)(F)F)[C@@H]1OC(=O)c1ccccc1. The van der Waals surface area contributed by atoms with Gasteiger partial charge in [0.05, 0.1) is 23.8 Å². The number of allylic oxidation sites excluding steroid dienone is 2. The molecule has 0 aromatic heterocycles. The Balaban J connectivity index is 1.15. The van der Waals surface area contributed by atoms with Crippen molar-refractivity contribution in [2.45, 2.75) is 67.9 Å². The number of esters is 1. The summed E-state index contributed by atoms with van der Waals surface area (Å²) in [6.07, 6.45) is -5.05. The molecule has 2 saturated heterocycles. The lowest BCUT2D eigenvalue weighted by Crippen LogP contribution is -2.63. The van der Waals surface area contributed by atoms with E-state index in [-0.39, 0.29) is 36.0 Å². The van der Waals surface area contributed by atoms with Crippen LogP contribution in [0.15, 0.2) is 66.7 Å². The van der Waals surface area contributed by atoms with E-state index in [0.29, 0.717) is 0 Å². The number of rotatable bonds is 5. The minimum atomic E-state index is -5.21. The molecule has 0 radical (unpaired) electrons. The van der Waals surface area contributed by atoms with Crippen LogP contribution in [-0.2, 0) is 28.6 Å². The lowest BCUT2D eigenvalue weighted by molar-refractivity contribution is -0.180. The summed E-state index contributed by atoms with van der Waals surface area (Å²) in [4.78, 5) is 80.4. The van der Waals surface area contributed by atoms with Gasteiger partial charge in [0, 0.05) is 23.0 Å². The number of epoxide rings is 1. The van der Waals surface area contributed by atoms with Crippen LogP contribution in [0.5, 0.6) is 0 Å². The van der Waals surface area contributed by atoms with Crippen LogP contribution in [-0.4, -0.2) is 76.7 Å². The molecular weight excluding hydrogens is 623 g/mol. The molecule has 1 amide bonds. The van der Waals surface area contributed by atoms with E-state index in [4.69, 9.17) is 14.2 Å². The van der Waals surface area contributed by atoms with Gasteiger partial charge in [-0.3, -0.25) is 24.0 Å². The number of ketones is 4. The molecule has 1 saturated carbocycles. The maximum atomic E-state index is 14.2. The molecule has 0 spiro atoms. The molecule has 47 heavy (non-hydrogen) atoms. The highest BCUT2D eigenvalue weighted by Gasteiger charge is 2.91. The van der Waals surface area contributed by atoms with Crippen molar-refractivity contribution in [1.29, 1.82) is 0 Å². The van der Waals surface area contributed by atoms with E-state index < -0.39 is 94.5 Å². The van der Waals surface area contributed by atoms with E-state index in [2.05, 4.69) is 0 Å². The summed E-state index contributed by atoms with van der Waals surface area (Å²) in [6.45, 7) is 1.49. The zero-order valence-electron chi connectivity index (χ0n) is 24.8. The molecule has 244 valence electrons. The standard InChI is InChI=1S/C34H28F3NO9/c1-16-25(46-30(43)17-8-3-2-4-9-17)23(38-31(44)34(35,36)37)15-19(45-16)14-18-10-7-13-22-24(18)29(42)33-27(40)21-12-6-5-11-20(21)26(39)32(33,47-33)28(22)41/h2-12,16,18-19,22-25H,13-15H2,1H3,(H,38,44)/t16-,18?,19-,22?,23-,24?,25+,32?,33?/m0/s1. The fraction of sp³-hybridized carbons (Fsp3) is 0.412. The zero-order chi connectivity index (χ0) is 33.5. The Hall–Kier alpha value is -4.49. The van der Waals surface area contributed by atoms with Crippen LogP contribution in [0.3, 0.4) is 0 Å². The van der Waals surface area contributed by atoms with Crippen molar-refractivity contribution < 1.29 is 56.1 Å². The van der Waals surface area contributed by atoms with Gasteiger partial charge in [0.1, 0.15) is 6.10 Å². The third kappa shape index (κ3) is 4.54. The summed E-state index contributed by atoms with van der Waals surface area (Å²) in [5, 5.41) is 1.94. The molecule has 5 aliphatic rings. The first kappa shape index (κ1) is 31.1. The fourth-order valence-corrected chi connectivity index (χ4v) is 7.85. The maximum absolute atomic E-state index is 14.2. The molecule has 2 aliphatic heterocycles. The quantitative estimate of drug-likeness (QED) is 0.223. The average molecular weight is 652 g/mol. The monoisotopic (exact) mass is 651 g/mol. The predicted octanol–water partition coefficient (Wildman–Crippen LogP) is 3.37. The molecule has 3 aliphatic carbocycles. The summed E-state index contributed by atoms with van der Waals surface area (Å²) in [7, 11) is 0. The van der Waals surface area contributed by atoms with Gasteiger partial charge in [0.2, 0.25) is 22.8 Å². The first-order valence-electron chi connectivity index (χ1n) is 15.2. The normalized spacial score (nSPS) is 35.6. The molecule has 2 heterocycles. The van der Waals surface area contributed by atoms with Crippen molar-refractivity contribution in [3.8, 4) is 0 Å². The minimum Gasteiger partial charge on any atom is -0.454 e. The summed E-state index contributed by atoms with van der Waals surface area (Å²) in [6, 6.07) is 12.4. The number of Topliss-reactive ketones (excluding diaryl/α,β-unsaturated/α-hetero) is 4. The second kappa shape index (κ2) is 10.8. The van der Waals surface area contributed by atoms with Gasteiger partial charge < -0.3 is 19.5 Å². The maximum Gasteiger partial charge on any atom is 0.471 e. The van der Waals surface area contributed by atoms with E-state index in [0.717, 1.165) is 0 Å². The largest absolute Gasteiger partial charge is 0.471 e. The molecule has 0 bridgehead atoms. The van der Waals surface area contributed by atoms with Crippen LogP contribution in [0.1, 0.15) is 57.3 Å². The van der Waals surface area contributed by atoms with Crippen LogP contribution in [0.4, 0.5) is 13.2 Å². The van der Waals surface area contributed by atoms with E-state index >= 15 is 0 Å². The number of halogens is 3. The number of benzene rings is 2. The van der Waals surface area contributed by atoms with Crippen LogP contribution in [0.2, 0.25) is 0 Å². The van der Waals surface area contributed by atoms with E-state index in [9.17, 15) is 41.9 Å². The van der Waals surface area contributed by atoms with E-state index in [1.54, 1.807) is 42.5 Å². The van der Waals surface area contributed by atoms with Crippen LogP contribution in [0.25, 0.3) is 0 Å². The number of ether oxygens (including phenoxy) is 3. The lowest BCUT2D eigenvalue weighted by Gasteiger charge is -2.44. The van der Waals surface area contributed by atoms with Crippen molar-refractivity contribution in [1.82, 2.24) is 5.32 Å². The molecule has 2 aromatic carbocycles. The second-order valence-electron chi connectivity index (χ2n) is 12.6. The van der Waals surface area contributed by atoms with Crippen LogP contribution < -0.4 is 5.32 Å². The van der Waals surface area contributed by atoms with Crippen LogP contribution >= 0.6 is 0 Å². The first-order chi connectivity index (χ1) is 22.3. The summed E-state index contributed by atoms with van der Waals surface area (Å²) in [5.74, 6) is -8.61. The summed E-state index contributed by atoms with van der Waals surface area (Å²) < 4.78 is 57.4. The highest BCUT2D eigenvalue weighted by molar-refractivity contribution is 6.43. The molecule has 5 unspecified atom stereocenters. The number of carbonyl (C=O) groups excluding carboxylic acids is 6. The highest BCUT2D eigenvalue weighted by atomic mass is 19.4. The summed E-state index contributed by atoms with van der Waals surface area (Å²) in [5.41, 5.74) is -4.30. The van der Waals surface area contributed by atoms with Gasteiger partial charge in [-0.1, -0.05) is 54.6 Å². The number of amides is 1. The molecule has 10 nitrogen and oxygen atoms in total. The number of hydrogen-bond donors (Lipinski definition) is 1. The topological polar surface area (TPSA) is 145 Å². The molecule has 2 aromatic rings.